The van der Waals surface area contributed by atoms with Gasteiger partial charge in [-0.15, -0.1) is 0 Å². The van der Waals surface area contributed by atoms with Gasteiger partial charge in [0.15, 0.2) is 22.5 Å². The number of fused-ring (bicyclic) bond motifs is 2. The topological polar surface area (TPSA) is 187 Å². The summed E-state index contributed by atoms with van der Waals surface area (Å²) in [7, 11) is -9.50. The maximum Gasteiger partial charge on any atom is 0.340 e. The van der Waals surface area contributed by atoms with Crippen LogP contribution >= 0.6 is 26.8 Å². The summed E-state index contributed by atoms with van der Waals surface area (Å²) in [4.78, 5) is 33.9. The Bertz CT molecular complexity index is 1390. The number of aromatic nitrogens is 3. The molecule has 1 fully saturated rings. The molecule has 5 N–H and O–H groups in total. The fourth-order valence-corrected chi connectivity index (χ4v) is 7.25. The van der Waals surface area contributed by atoms with Gasteiger partial charge in [0.2, 0.25) is 0 Å². The molecular weight excluding hydrogens is 538 g/mol. The van der Waals surface area contributed by atoms with Crippen LogP contribution in [0.15, 0.2) is 36.5 Å². The molecule has 4 heterocycles. The number of nitrogens with zero attached hydrogens (tertiary/aromatic N) is 4. The molecule has 0 aliphatic carbocycles. The van der Waals surface area contributed by atoms with Crippen LogP contribution in [-0.4, -0.2) is 70.8 Å². The SMILES string of the molecule is O=P(O)(O)CP(=O)(O)OC[C@H]1OC[C@@](O)(c2ncc3c(N4Cc5ccccc5C4)cc(Cl)nn23)[C@@H]1O. The Morgan fingerprint density at radius 2 is 1.86 bits per heavy atom. The smallest absolute Gasteiger partial charge is 0.340 e. The summed E-state index contributed by atoms with van der Waals surface area (Å²) >= 11 is 6.31. The Hall–Kier alpha value is -1.89. The second-order valence-electron chi connectivity index (χ2n) is 8.81. The van der Waals surface area contributed by atoms with Crippen molar-refractivity contribution in [3.63, 3.8) is 0 Å². The quantitative estimate of drug-likeness (QED) is 0.260. The average Bonchev–Trinajstić information content (AvgIpc) is 3.47. The maximum absolute atomic E-state index is 11.9. The van der Waals surface area contributed by atoms with E-state index in [0.29, 0.717) is 18.6 Å². The van der Waals surface area contributed by atoms with Crippen molar-refractivity contribution in [2.45, 2.75) is 30.9 Å². The summed E-state index contributed by atoms with van der Waals surface area (Å²) < 4.78 is 34.4. The monoisotopic (exact) mass is 560 g/mol. The van der Waals surface area contributed by atoms with E-state index in [2.05, 4.69) is 15.0 Å². The third kappa shape index (κ3) is 4.84. The molecule has 16 heteroatoms. The van der Waals surface area contributed by atoms with Crippen LogP contribution in [0.4, 0.5) is 5.69 Å². The number of ether oxygens (including phenoxy) is 1. The van der Waals surface area contributed by atoms with Crippen LogP contribution in [0.2, 0.25) is 5.15 Å². The lowest BCUT2D eigenvalue weighted by Crippen LogP contribution is -2.44. The molecule has 36 heavy (non-hydrogen) atoms. The summed E-state index contributed by atoms with van der Waals surface area (Å²) in [5, 5.41) is 26.5. The van der Waals surface area contributed by atoms with E-state index in [0.717, 1.165) is 5.69 Å². The van der Waals surface area contributed by atoms with Crippen molar-refractivity contribution in [1.82, 2.24) is 14.6 Å². The van der Waals surface area contributed by atoms with E-state index in [4.69, 9.17) is 30.6 Å². The molecule has 1 saturated heterocycles. The van der Waals surface area contributed by atoms with E-state index >= 15 is 0 Å². The molecule has 194 valence electrons. The van der Waals surface area contributed by atoms with Gasteiger partial charge < -0.3 is 39.1 Å². The first-order valence-electron chi connectivity index (χ1n) is 10.8. The minimum Gasteiger partial charge on any atom is -0.387 e. The van der Waals surface area contributed by atoms with E-state index in [1.54, 1.807) is 6.07 Å². The van der Waals surface area contributed by atoms with E-state index in [-0.39, 0.29) is 11.0 Å². The Kier molecular flexibility index (Phi) is 6.54. The van der Waals surface area contributed by atoms with Crippen LogP contribution in [0.5, 0.6) is 0 Å². The highest BCUT2D eigenvalue weighted by atomic mass is 35.5. The normalized spacial score (nSPS) is 25.9. The molecule has 0 radical (unpaired) electrons. The Morgan fingerprint density at radius 1 is 1.19 bits per heavy atom. The predicted molar refractivity (Wildman–Crippen MR) is 127 cm³/mol. The molecule has 2 aliphatic heterocycles. The van der Waals surface area contributed by atoms with Crippen molar-refractivity contribution in [2.24, 2.45) is 0 Å². The van der Waals surface area contributed by atoms with Gasteiger partial charge >= 0.3 is 15.2 Å². The predicted octanol–water partition coefficient (Wildman–Crippen LogP) is 1.19. The number of imidazole rings is 1. The van der Waals surface area contributed by atoms with Crippen molar-refractivity contribution in [3.05, 3.63) is 58.6 Å². The number of aliphatic hydroxyl groups is 2. The zero-order valence-electron chi connectivity index (χ0n) is 18.6. The summed E-state index contributed by atoms with van der Waals surface area (Å²) in [6, 6.07) is 9.70. The average molecular weight is 561 g/mol. The van der Waals surface area contributed by atoms with Gasteiger partial charge in [0.25, 0.3) is 0 Å². The highest BCUT2D eigenvalue weighted by Gasteiger charge is 2.53. The van der Waals surface area contributed by atoms with Gasteiger partial charge in [-0.1, -0.05) is 35.9 Å². The molecule has 4 atom stereocenters. The van der Waals surface area contributed by atoms with Crippen molar-refractivity contribution < 1.29 is 43.3 Å². The molecule has 13 nitrogen and oxygen atoms in total. The molecule has 1 aromatic carbocycles. The standard InChI is InChI=1S/C20H23ClN4O9P2/c21-17-5-14(24-7-12-3-1-2-4-13(12)8-24)15-6-22-19(25(15)23-17)20(27)10-33-16(18(20)26)9-34-36(31,32)11-35(28,29)30/h1-6,16,18,26-27H,7-11H2,(H,31,32)(H2,28,29,30)/t16-,18-,20+/m1/s1. The van der Waals surface area contributed by atoms with Crippen molar-refractivity contribution in [1.29, 1.82) is 0 Å². The minimum absolute atomic E-state index is 0.0599. The lowest BCUT2D eigenvalue weighted by molar-refractivity contribution is -0.0652. The molecule has 5 rings (SSSR count). The van der Waals surface area contributed by atoms with E-state index in [1.165, 1.54) is 21.8 Å². The van der Waals surface area contributed by atoms with Crippen LogP contribution < -0.4 is 4.90 Å². The van der Waals surface area contributed by atoms with Crippen LogP contribution in [0.3, 0.4) is 0 Å². The van der Waals surface area contributed by atoms with Crippen LogP contribution in [0.1, 0.15) is 17.0 Å². The van der Waals surface area contributed by atoms with Crippen LogP contribution in [0, 0.1) is 0 Å². The number of aliphatic hydroxyl groups excluding tert-OH is 1. The van der Waals surface area contributed by atoms with E-state index in [1.807, 2.05) is 24.3 Å². The van der Waals surface area contributed by atoms with Crippen LogP contribution in [-0.2, 0) is 37.1 Å². The van der Waals surface area contributed by atoms with Gasteiger partial charge in [0.05, 0.1) is 25.1 Å². The lowest BCUT2D eigenvalue weighted by Gasteiger charge is -2.25. The highest BCUT2D eigenvalue weighted by Crippen LogP contribution is 2.55. The zero-order chi connectivity index (χ0) is 25.9. The number of benzene rings is 1. The summed E-state index contributed by atoms with van der Waals surface area (Å²) in [5.41, 5.74) is 1.52. The maximum atomic E-state index is 11.9. The first-order valence-corrected chi connectivity index (χ1v) is 14.7. The Balaban J connectivity index is 1.40. The zero-order valence-corrected chi connectivity index (χ0v) is 21.1. The second-order valence-corrected chi connectivity index (χ2v) is 13.2. The molecule has 1 unspecified atom stereocenters. The third-order valence-electron chi connectivity index (χ3n) is 6.18. The number of hydrogen-bond donors (Lipinski definition) is 5. The van der Waals surface area contributed by atoms with E-state index in [9.17, 15) is 24.2 Å². The summed E-state index contributed by atoms with van der Waals surface area (Å²) in [5.74, 6) is -1.45. The molecule has 3 aromatic rings. The van der Waals surface area contributed by atoms with Gasteiger partial charge in [-0.05, 0) is 11.1 Å². The van der Waals surface area contributed by atoms with Crippen molar-refractivity contribution >= 4 is 38.0 Å². The molecule has 2 aromatic heterocycles. The largest absolute Gasteiger partial charge is 0.387 e. The van der Waals surface area contributed by atoms with Gasteiger partial charge in [-0.2, -0.15) is 5.10 Å². The first kappa shape index (κ1) is 25.7. The van der Waals surface area contributed by atoms with E-state index < -0.39 is 52.1 Å². The lowest BCUT2D eigenvalue weighted by atomic mass is 9.96. The van der Waals surface area contributed by atoms with Gasteiger partial charge in [0.1, 0.15) is 17.7 Å². The fourth-order valence-electron chi connectivity index (χ4n) is 4.50. The molecular formula is C20H23ClN4O9P2. The second kappa shape index (κ2) is 9.14. The first-order chi connectivity index (χ1) is 16.9. The highest BCUT2D eigenvalue weighted by molar-refractivity contribution is 7.70. The number of anilines is 1. The number of hydrogen-bond acceptors (Lipinski definition) is 9. The fraction of sp³-hybridized carbons (Fsp3) is 0.400. The summed E-state index contributed by atoms with van der Waals surface area (Å²) in [6.07, 6.45) is -1.46. The van der Waals surface area contributed by atoms with Gasteiger partial charge in [0, 0.05) is 19.2 Å². The van der Waals surface area contributed by atoms with Gasteiger partial charge in [-0.25, -0.2) is 9.50 Å². The van der Waals surface area contributed by atoms with Crippen molar-refractivity contribution in [3.8, 4) is 0 Å². The van der Waals surface area contributed by atoms with Crippen molar-refractivity contribution in [2.75, 3.05) is 24.0 Å². The molecule has 0 spiro atoms. The molecule has 2 aliphatic rings. The Labute approximate surface area is 209 Å². The minimum atomic E-state index is -4.82. The number of rotatable bonds is 7. The molecule has 0 bridgehead atoms. The molecule has 0 amide bonds. The van der Waals surface area contributed by atoms with Gasteiger partial charge in [-0.3, -0.25) is 9.13 Å². The molecule has 0 saturated carbocycles. The van der Waals surface area contributed by atoms with Crippen LogP contribution in [0.25, 0.3) is 5.52 Å². The third-order valence-corrected chi connectivity index (χ3v) is 9.82. The summed E-state index contributed by atoms with van der Waals surface area (Å²) in [6.45, 7) is 0.121. The number of halogens is 1. The Morgan fingerprint density at radius 3 is 2.50 bits per heavy atom.